The molecule has 2 aromatic carbocycles. The lowest BCUT2D eigenvalue weighted by atomic mass is 9.95. The maximum Gasteiger partial charge on any atom is 0.253 e. The second kappa shape index (κ2) is 8.95. The van der Waals surface area contributed by atoms with Crippen molar-refractivity contribution in [2.24, 2.45) is 5.92 Å². The summed E-state index contributed by atoms with van der Waals surface area (Å²) in [7, 11) is 0. The summed E-state index contributed by atoms with van der Waals surface area (Å²) in [6.07, 6.45) is 1.45. The number of likely N-dealkylation sites (tertiary alicyclic amines) is 1. The highest BCUT2D eigenvalue weighted by Gasteiger charge is 2.31. The van der Waals surface area contributed by atoms with E-state index in [0.717, 1.165) is 12.0 Å². The maximum absolute atomic E-state index is 13.4. The summed E-state index contributed by atoms with van der Waals surface area (Å²) in [5.74, 6) is -1.21. The number of carbonyl (C=O) groups excluding carboxylic acids is 2. The Balaban J connectivity index is 1.67. The van der Waals surface area contributed by atoms with Gasteiger partial charge in [0.25, 0.3) is 5.91 Å². The smallest absolute Gasteiger partial charge is 0.253 e. The molecule has 1 aliphatic heterocycles. The molecule has 0 spiro atoms. The van der Waals surface area contributed by atoms with Crippen molar-refractivity contribution in [3.8, 4) is 0 Å². The van der Waals surface area contributed by atoms with Gasteiger partial charge >= 0.3 is 0 Å². The Kier molecular flexibility index (Phi) is 6.39. The van der Waals surface area contributed by atoms with E-state index in [1.807, 2.05) is 6.92 Å². The maximum atomic E-state index is 13.4. The fourth-order valence-electron chi connectivity index (χ4n) is 3.60. The van der Waals surface area contributed by atoms with Crippen LogP contribution in [0.2, 0.25) is 0 Å². The minimum Gasteiger partial charge on any atom is -0.338 e. The van der Waals surface area contributed by atoms with E-state index in [-0.39, 0.29) is 29.4 Å². The van der Waals surface area contributed by atoms with Crippen molar-refractivity contribution in [1.29, 1.82) is 0 Å². The lowest BCUT2D eigenvalue weighted by Crippen LogP contribution is -2.46. The summed E-state index contributed by atoms with van der Waals surface area (Å²) >= 11 is 0. The standard InChI is InChI=1S/C22H24F2N2O2/c1-2-25(14-16-5-3-7-20(24)13-16)22(28)18-6-4-12-26(15-18)21(27)17-8-10-19(23)11-9-17/h3,5,7-11,13,18H,2,4,6,12,14-15H2,1H3. The van der Waals surface area contributed by atoms with Crippen LogP contribution in [0.25, 0.3) is 0 Å². The van der Waals surface area contributed by atoms with Gasteiger partial charge in [0.15, 0.2) is 0 Å². The van der Waals surface area contributed by atoms with Gasteiger partial charge in [0.2, 0.25) is 5.91 Å². The van der Waals surface area contributed by atoms with E-state index in [4.69, 9.17) is 0 Å². The molecule has 0 N–H and O–H groups in total. The molecule has 1 aliphatic rings. The van der Waals surface area contributed by atoms with Crippen molar-refractivity contribution in [3.63, 3.8) is 0 Å². The van der Waals surface area contributed by atoms with Crippen LogP contribution >= 0.6 is 0 Å². The molecule has 148 valence electrons. The van der Waals surface area contributed by atoms with Crippen LogP contribution in [-0.4, -0.2) is 41.2 Å². The number of hydrogen-bond donors (Lipinski definition) is 0. The van der Waals surface area contributed by atoms with Crippen LogP contribution in [0, 0.1) is 17.6 Å². The molecule has 1 atom stereocenters. The fraction of sp³-hybridized carbons (Fsp3) is 0.364. The Hall–Kier alpha value is -2.76. The first-order valence-corrected chi connectivity index (χ1v) is 9.56. The molecule has 2 aromatic rings. The van der Waals surface area contributed by atoms with Crippen LogP contribution in [-0.2, 0) is 11.3 Å². The second-order valence-electron chi connectivity index (χ2n) is 7.08. The Labute approximate surface area is 163 Å². The molecule has 0 aliphatic carbocycles. The molecular formula is C22H24F2N2O2. The van der Waals surface area contributed by atoms with Gasteiger partial charge in [-0.1, -0.05) is 12.1 Å². The molecule has 1 unspecified atom stereocenters. The quantitative estimate of drug-likeness (QED) is 0.783. The summed E-state index contributed by atoms with van der Waals surface area (Å²) < 4.78 is 26.5. The first-order chi connectivity index (χ1) is 13.5. The van der Waals surface area contributed by atoms with Crippen molar-refractivity contribution >= 4 is 11.8 Å². The SMILES string of the molecule is CCN(Cc1cccc(F)c1)C(=O)C1CCCN(C(=O)c2ccc(F)cc2)C1. The largest absolute Gasteiger partial charge is 0.338 e. The predicted molar refractivity (Wildman–Crippen MR) is 103 cm³/mol. The average Bonchev–Trinajstić information content (AvgIpc) is 2.71. The van der Waals surface area contributed by atoms with Crippen molar-refractivity contribution in [1.82, 2.24) is 9.80 Å². The third-order valence-corrected chi connectivity index (χ3v) is 5.10. The number of halogens is 2. The zero-order chi connectivity index (χ0) is 20.1. The number of rotatable bonds is 5. The Morgan fingerprint density at radius 2 is 1.86 bits per heavy atom. The molecule has 3 rings (SSSR count). The molecule has 0 saturated carbocycles. The van der Waals surface area contributed by atoms with Crippen LogP contribution < -0.4 is 0 Å². The van der Waals surface area contributed by atoms with Crippen molar-refractivity contribution in [3.05, 3.63) is 71.3 Å². The Morgan fingerprint density at radius 3 is 2.54 bits per heavy atom. The summed E-state index contributed by atoms with van der Waals surface area (Å²) in [4.78, 5) is 29.1. The van der Waals surface area contributed by atoms with E-state index in [1.165, 1.54) is 36.4 Å². The van der Waals surface area contributed by atoms with Crippen molar-refractivity contribution < 1.29 is 18.4 Å². The third kappa shape index (κ3) is 4.74. The third-order valence-electron chi connectivity index (χ3n) is 5.10. The number of amides is 2. The summed E-state index contributed by atoms with van der Waals surface area (Å²) in [5, 5.41) is 0. The molecule has 0 radical (unpaired) electrons. The van der Waals surface area contributed by atoms with Gasteiger partial charge in [-0.3, -0.25) is 9.59 Å². The zero-order valence-corrected chi connectivity index (χ0v) is 15.9. The lowest BCUT2D eigenvalue weighted by molar-refractivity contribution is -0.137. The molecule has 2 amide bonds. The lowest BCUT2D eigenvalue weighted by Gasteiger charge is -2.35. The van der Waals surface area contributed by atoms with E-state index in [2.05, 4.69) is 0 Å². The van der Waals surface area contributed by atoms with Gasteiger partial charge in [0.05, 0.1) is 5.92 Å². The number of hydrogen-bond acceptors (Lipinski definition) is 2. The van der Waals surface area contributed by atoms with Gasteiger partial charge in [-0.2, -0.15) is 0 Å². The molecule has 28 heavy (non-hydrogen) atoms. The highest BCUT2D eigenvalue weighted by Crippen LogP contribution is 2.22. The molecule has 0 aromatic heterocycles. The van der Waals surface area contributed by atoms with Crippen LogP contribution in [0.4, 0.5) is 8.78 Å². The average molecular weight is 386 g/mol. The van der Waals surface area contributed by atoms with Gasteiger partial charge < -0.3 is 9.80 Å². The second-order valence-corrected chi connectivity index (χ2v) is 7.08. The molecule has 0 bridgehead atoms. The molecular weight excluding hydrogens is 362 g/mol. The van der Waals surface area contributed by atoms with Gasteiger partial charge in [0.1, 0.15) is 11.6 Å². The summed E-state index contributed by atoms with van der Waals surface area (Å²) in [5.41, 5.74) is 1.16. The highest BCUT2D eigenvalue weighted by atomic mass is 19.1. The minimum atomic E-state index is -0.390. The fourth-order valence-corrected chi connectivity index (χ4v) is 3.60. The van der Waals surface area contributed by atoms with Crippen LogP contribution in [0.5, 0.6) is 0 Å². The molecule has 4 nitrogen and oxygen atoms in total. The minimum absolute atomic E-state index is 0.0247. The topological polar surface area (TPSA) is 40.6 Å². The molecule has 1 fully saturated rings. The molecule has 6 heteroatoms. The predicted octanol–water partition coefficient (Wildman–Crippen LogP) is 3.87. The Morgan fingerprint density at radius 1 is 1.11 bits per heavy atom. The zero-order valence-electron chi connectivity index (χ0n) is 15.9. The van der Waals surface area contributed by atoms with Crippen molar-refractivity contribution in [2.75, 3.05) is 19.6 Å². The molecule has 1 saturated heterocycles. The van der Waals surface area contributed by atoms with Crippen LogP contribution in [0.3, 0.4) is 0 Å². The van der Waals surface area contributed by atoms with Gasteiger partial charge in [-0.15, -0.1) is 0 Å². The van der Waals surface area contributed by atoms with Gasteiger partial charge in [0, 0.05) is 31.7 Å². The van der Waals surface area contributed by atoms with E-state index in [0.29, 0.717) is 38.2 Å². The monoisotopic (exact) mass is 386 g/mol. The first kappa shape index (κ1) is 20.0. The van der Waals surface area contributed by atoms with Crippen molar-refractivity contribution in [2.45, 2.75) is 26.3 Å². The molecule has 1 heterocycles. The van der Waals surface area contributed by atoms with E-state index in [1.54, 1.807) is 21.9 Å². The van der Waals surface area contributed by atoms with Gasteiger partial charge in [-0.05, 0) is 61.7 Å². The highest BCUT2D eigenvalue weighted by molar-refractivity contribution is 5.94. The first-order valence-electron chi connectivity index (χ1n) is 9.56. The normalized spacial score (nSPS) is 16.7. The number of benzene rings is 2. The number of nitrogens with zero attached hydrogens (tertiary/aromatic N) is 2. The van der Waals surface area contributed by atoms with E-state index < -0.39 is 0 Å². The summed E-state index contributed by atoms with van der Waals surface area (Å²) in [6, 6.07) is 11.7. The Bertz CT molecular complexity index is 839. The van der Waals surface area contributed by atoms with E-state index in [9.17, 15) is 18.4 Å². The van der Waals surface area contributed by atoms with Crippen LogP contribution in [0.1, 0.15) is 35.7 Å². The summed E-state index contributed by atoms with van der Waals surface area (Å²) in [6.45, 7) is 3.67. The van der Waals surface area contributed by atoms with E-state index >= 15 is 0 Å². The van der Waals surface area contributed by atoms with Crippen LogP contribution in [0.15, 0.2) is 48.5 Å². The number of piperidine rings is 1. The number of carbonyl (C=O) groups is 2. The van der Waals surface area contributed by atoms with Gasteiger partial charge in [-0.25, -0.2) is 8.78 Å².